The van der Waals surface area contributed by atoms with Gasteiger partial charge >= 0.3 is 5.69 Å². The van der Waals surface area contributed by atoms with Gasteiger partial charge in [-0.25, -0.2) is 4.79 Å². The molecule has 0 saturated heterocycles. The summed E-state index contributed by atoms with van der Waals surface area (Å²) in [5.74, 6) is 0. The normalized spacial score (nSPS) is 10.9. The van der Waals surface area contributed by atoms with Crippen molar-refractivity contribution in [2.75, 3.05) is 0 Å². The maximum Gasteiger partial charge on any atom is 0.328 e. The molecule has 0 atom stereocenters. The van der Waals surface area contributed by atoms with Crippen LogP contribution in [-0.2, 0) is 7.05 Å². The van der Waals surface area contributed by atoms with Gasteiger partial charge in [0.25, 0.3) is 5.56 Å². The molecule has 68 valence electrons. The SMILES string of the molecule is Cc1cc2[nH]c(=O)n(C)c(=O)c2s1. The fourth-order valence-electron chi connectivity index (χ4n) is 1.21. The van der Waals surface area contributed by atoms with E-state index in [0.29, 0.717) is 10.2 Å². The van der Waals surface area contributed by atoms with E-state index in [1.165, 1.54) is 18.4 Å². The Morgan fingerprint density at radius 1 is 1.46 bits per heavy atom. The summed E-state index contributed by atoms with van der Waals surface area (Å²) in [6.07, 6.45) is 0. The third-order valence-corrected chi connectivity index (χ3v) is 2.94. The van der Waals surface area contributed by atoms with Crippen LogP contribution in [0.25, 0.3) is 10.2 Å². The smallest absolute Gasteiger partial charge is 0.306 e. The van der Waals surface area contributed by atoms with Crippen molar-refractivity contribution >= 4 is 21.6 Å². The molecule has 2 rings (SSSR count). The van der Waals surface area contributed by atoms with E-state index in [9.17, 15) is 9.59 Å². The molecule has 13 heavy (non-hydrogen) atoms. The van der Waals surface area contributed by atoms with E-state index in [4.69, 9.17) is 0 Å². The molecule has 0 aliphatic heterocycles. The fourth-order valence-corrected chi connectivity index (χ4v) is 2.15. The van der Waals surface area contributed by atoms with Gasteiger partial charge in [-0.2, -0.15) is 0 Å². The van der Waals surface area contributed by atoms with Crippen LogP contribution in [-0.4, -0.2) is 9.55 Å². The third-order valence-electron chi connectivity index (χ3n) is 1.90. The minimum Gasteiger partial charge on any atom is -0.306 e. The number of rotatable bonds is 0. The van der Waals surface area contributed by atoms with Crippen LogP contribution in [0, 0.1) is 6.92 Å². The average Bonchev–Trinajstić information content (AvgIpc) is 2.42. The zero-order valence-electron chi connectivity index (χ0n) is 7.25. The highest BCUT2D eigenvalue weighted by Gasteiger charge is 2.06. The second-order valence-electron chi connectivity index (χ2n) is 2.89. The van der Waals surface area contributed by atoms with E-state index in [0.717, 1.165) is 9.44 Å². The zero-order chi connectivity index (χ0) is 9.59. The first-order valence-electron chi connectivity index (χ1n) is 3.79. The number of hydrogen-bond acceptors (Lipinski definition) is 3. The molecular weight excluding hydrogens is 188 g/mol. The fraction of sp³-hybridized carbons (Fsp3) is 0.250. The lowest BCUT2D eigenvalue weighted by Gasteiger charge is -1.93. The van der Waals surface area contributed by atoms with Crippen molar-refractivity contribution in [2.24, 2.45) is 7.05 Å². The monoisotopic (exact) mass is 196 g/mol. The molecular formula is C8H8N2O2S. The molecule has 2 aromatic rings. The van der Waals surface area contributed by atoms with Crippen LogP contribution in [0.2, 0.25) is 0 Å². The number of aryl methyl sites for hydroxylation is 1. The summed E-state index contributed by atoms with van der Waals surface area (Å²) in [6.45, 7) is 1.91. The van der Waals surface area contributed by atoms with Gasteiger partial charge in [-0.05, 0) is 13.0 Å². The molecule has 0 amide bonds. The van der Waals surface area contributed by atoms with Gasteiger partial charge in [0.15, 0.2) is 0 Å². The molecule has 0 saturated carbocycles. The van der Waals surface area contributed by atoms with Crippen LogP contribution >= 0.6 is 11.3 Å². The number of nitrogens with one attached hydrogen (secondary N) is 1. The Morgan fingerprint density at radius 2 is 2.15 bits per heavy atom. The van der Waals surface area contributed by atoms with Crippen LogP contribution in [0.5, 0.6) is 0 Å². The lowest BCUT2D eigenvalue weighted by atomic mass is 10.4. The van der Waals surface area contributed by atoms with Crippen molar-refractivity contribution in [3.63, 3.8) is 0 Å². The number of aromatic amines is 1. The molecule has 2 heterocycles. The van der Waals surface area contributed by atoms with Crippen molar-refractivity contribution in [3.05, 3.63) is 31.8 Å². The maximum atomic E-state index is 11.5. The molecule has 0 spiro atoms. The highest BCUT2D eigenvalue weighted by Crippen LogP contribution is 2.18. The van der Waals surface area contributed by atoms with Crippen molar-refractivity contribution in [2.45, 2.75) is 6.92 Å². The first kappa shape index (κ1) is 8.25. The second-order valence-corrected chi connectivity index (χ2v) is 4.15. The molecule has 0 bridgehead atoms. The number of hydrogen-bond donors (Lipinski definition) is 1. The summed E-state index contributed by atoms with van der Waals surface area (Å²) in [5, 5.41) is 0. The van der Waals surface area contributed by atoms with Gasteiger partial charge in [0.1, 0.15) is 4.70 Å². The largest absolute Gasteiger partial charge is 0.328 e. The van der Waals surface area contributed by atoms with E-state index in [1.807, 2.05) is 13.0 Å². The standard InChI is InChI=1S/C8H8N2O2S/c1-4-3-5-6(13-4)7(11)10(2)8(12)9-5/h3H,1-2H3,(H,9,12). The Bertz CT molecular complexity index is 576. The van der Waals surface area contributed by atoms with Gasteiger partial charge in [0.2, 0.25) is 0 Å². The van der Waals surface area contributed by atoms with Gasteiger partial charge in [-0.15, -0.1) is 11.3 Å². The number of fused-ring (bicyclic) bond motifs is 1. The summed E-state index contributed by atoms with van der Waals surface area (Å²) in [7, 11) is 1.47. The van der Waals surface area contributed by atoms with Gasteiger partial charge < -0.3 is 4.98 Å². The van der Waals surface area contributed by atoms with Crippen LogP contribution < -0.4 is 11.2 Å². The maximum absolute atomic E-state index is 11.5. The summed E-state index contributed by atoms with van der Waals surface area (Å²) in [4.78, 5) is 26.4. The Labute approximate surface area is 77.5 Å². The molecule has 0 unspecified atom stereocenters. The van der Waals surface area contributed by atoms with Crippen molar-refractivity contribution in [1.29, 1.82) is 0 Å². The van der Waals surface area contributed by atoms with Crippen molar-refractivity contribution in [1.82, 2.24) is 9.55 Å². The number of thiophene rings is 1. The molecule has 2 aromatic heterocycles. The Hall–Kier alpha value is -1.36. The van der Waals surface area contributed by atoms with E-state index < -0.39 is 0 Å². The lowest BCUT2D eigenvalue weighted by Crippen LogP contribution is -2.31. The third kappa shape index (κ3) is 1.12. The van der Waals surface area contributed by atoms with Crippen LogP contribution in [0.15, 0.2) is 15.7 Å². The first-order chi connectivity index (χ1) is 6.09. The Morgan fingerprint density at radius 3 is 2.85 bits per heavy atom. The zero-order valence-corrected chi connectivity index (χ0v) is 8.07. The highest BCUT2D eigenvalue weighted by molar-refractivity contribution is 7.18. The van der Waals surface area contributed by atoms with E-state index in [2.05, 4.69) is 4.98 Å². The minimum atomic E-state index is -0.365. The van der Waals surface area contributed by atoms with Crippen molar-refractivity contribution < 1.29 is 0 Å². The predicted molar refractivity (Wildman–Crippen MR) is 52.4 cm³/mol. The summed E-state index contributed by atoms with van der Waals surface area (Å²) in [5.41, 5.74) is 0.0442. The van der Waals surface area contributed by atoms with Gasteiger partial charge in [0.05, 0.1) is 5.52 Å². The Kier molecular flexibility index (Phi) is 1.63. The topological polar surface area (TPSA) is 54.9 Å². The summed E-state index contributed by atoms with van der Waals surface area (Å²) in [6, 6.07) is 1.81. The number of aromatic nitrogens is 2. The number of H-pyrrole nitrogens is 1. The quantitative estimate of drug-likeness (QED) is 0.670. The molecule has 0 radical (unpaired) electrons. The Balaban J connectivity index is 3.10. The molecule has 4 nitrogen and oxygen atoms in total. The van der Waals surface area contributed by atoms with Gasteiger partial charge in [-0.1, -0.05) is 0 Å². The number of nitrogens with zero attached hydrogens (tertiary/aromatic N) is 1. The molecule has 0 aliphatic rings. The first-order valence-corrected chi connectivity index (χ1v) is 4.60. The second kappa shape index (κ2) is 2.56. The van der Waals surface area contributed by atoms with E-state index in [-0.39, 0.29) is 11.2 Å². The van der Waals surface area contributed by atoms with Crippen LogP contribution in [0.1, 0.15) is 4.88 Å². The summed E-state index contributed by atoms with van der Waals surface area (Å²) < 4.78 is 1.69. The van der Waals surface area contributed by atoms with Gasteiger partial charge in [-0.3, -0.25) is 9.36 Å². The molecule has 5 heteroatoms. The molecule has 1 N–H and O–H groups in total. The molecule has 0 fully saturated rings. The van der Waals surface area contributed by atoms with Crippen molar-refractivity contribution in [3.8, 4) is 0 Å². The minimum absolute atomic E-state index is 0.225. The predicted octanol–water partition coefficient (Wildman–Crippen LogP) is 0.597. The highest BCUT2D eigenvalue weighted by atomic mass is 32.1. The van der Waals surface area contributed by atoms with Crippen LogP contribution in [0.3, 0.4) is 0 Å². The molecule has 0 aromatic carbocycles. The molecule has 0 aliphatic carbocycles. The van der Waals surface area contributed by atoms with E-state index >= 15 is 0 Å². The van der Waals surface area contributed by atoms with E-state index in [1.54, 1.807) is 0 Å². The average molecular weight is 196 g/mol. The van der Waals surface area contributed by atoms with Gasteiger partial charge in [0, 0.05) is 11.9 Å². The lowest BCUT2D eigenvalue weighted by molar-refractivity contribution is 0.796. The summed E-state index contributed by atoms with van der Waals surface area (Å²) >= 11 is 1.40. The van der Waals surface area contributed by atoms with Crippen LogP contribution in [0.4, 0.5) is 0 Å².